The van der Waals surface area contributed by atoms with Crippen molar-refractivity contribution >= 4 is 5.78 Å². The van der Waals surface area contributed by atoms with Crippen LogP contribution in [0.5, 0.6) is 0 Å². The number of nitrogens with zero attached hydrogens (tertiary/aromatic N) is 2. The number of aryl methyl sites for hydroxylation is 1. The number of carbonyl (C=O) groups excluding carboxylic acids is 1. The van der Waals surface area contributed by atoms with Crippen molar-refractivity contribution in [3.8, 4) is 0 Å². The second kappa shape index (κ2) is 3.80. The molecule has 1 heterocycles. The zero-order chi connectivity index (χ0) is 10.9. The number of Topliss-reactive ketones (excluding diaryl/α,β-unsaturated/α-hetero) is 1. The number of aromatic nitrogens is 2. The van der Waals surface area contributed by atoms with Crippen LogP contribution in [0.25, 0.3) is 0 Å². The molecule has 0 unspecified atom stereocenters. The van der Waals surface area contributed by atoms with Gasteiger partial charge in [-0.1, -0.05) is 19.8 Å². The predicted octanol–water partition coefficient (Wildman–Crippen LogP) is 2.57. The van der Waals surface area contributed by atoms with Gasteiger partial charge in [0.25, 0.3) is 0 Å². The summed E-state index contributed by atoms with van der Waals surface area (Å²) in [6, 6.07) is 0. The van der Waals surface area contributed by atoms with Crippen molar-refractivity contribution in [3.05, 3.63) is 18.2 Å². The average Bonchev–Trinajstić information content (AvgIpc) is 2.86. The minimum Gasteiger partial charge on any atom is -0.332 e. The summed E-state index contributed by atoms with van der Waals surface area (Å²) < 4.78 is 1.83. The van der Waals surface area contributed by atoms with Crippen LogP contribution < -0.4 is 0 Å². The molecular formula is C12H18N2O. The third-order valence-corrected chi connectivity index (χ3v) is 3.74. The molecular weight excluding hydrogens is 188 g/mol. The summed E-state index contributed by atoms with van der Waals surface area (Å²) in [5.74, 6) is 0.869. The van der Waals surface area contributed by atoms with Crippen molar-refractivity contribution < 1.29 is 4.79 Å². The maximum atomic E-state index is 12.4. The van der Waals surface area contributed by atoms with Crippen LogP contribution in [-0.2, 0) is 7.05 Å². The Bertz CT molecular complexity index is 361. The van der Waals surface area contributed by atoms with E-state index in [9.17, 15) is 4.79 Å². The number of carbonyl (C=O) groups is 1. The highest BCUT2D eigenvalue weighted by Gasteiger charge is 2.41. The molecule has 1 aromatic rings. The van der Waals surface area contributed by atoms with Crippen molar-refractivity contribution in [3.63, 3.8) is 0 Å². The maximum absolute atomic E-state index is 12.4. The lowest BCUT2D eigenvalue weighted by atomic mass is 9.79. The molecule has 1 aromatic heterocycles. The van der Waals surface area contributed by atoms with Crippen LogP contribution in [0.4, 0.5) is 0 Å². The molecule has 0 aliphatic heterocycles. The molecule has 1 saturated carbocycles. The quantitative estimate of drug-likeness (QED) is 0.712. The number of hydrogen-bond donors (Lipinski definition) is 0. The Morgan fingerprint density at radius 1 is 1.53 bits per heavy atom. The van der Waals surface area contributed by atoms with E-state index in [0.717, 1.165) is 19.3 Å². The van der Waals surface area contributed by atoms with E-state index in [0.29, 0.717) is 5.82 Å². The molecule has 3 heteroatoms. The number of imidazole rings is 1. The number of ketones is 1. The zero-order valence-corrected chi connectivity index (χ0v) is 9.49. The summed E-state index contributed by atoms with van der Waals surface area (Å²) in [7, 11) is 1.89. The Balaban J connectivity index is 2.30. The van der Waals surface area contributed by atoms with Gasteiger partial charge in [-0.05, 0) is 19.3 Å². The lowest BCUT2D eigenvalue weighted by Crippen LogP contribution is -2.29. The fourth-order valence-corrected chi connectivity index (χ4v) is 2.61. The highest BCUT2D eigenvalue weighted by atomic mass is 16.1. The molecule has 2 rings (SSSR count). The Kier molecular flexibility index (Phi) is 2.63. The Hall–Kier alpha value is -1.12. The van der Waals surface area contributed by atoms with E-state index in [2.05, 4.69) is 11.9 Å². The van der Waals surface area contributed by atoms with E-state index < -0.39 is 0 Å². The lowest BCUT2D eigenvalue weighted by molar-refractivity contribution is 0.0776. The van der Waals surface area contributed by atoms with Crippen LogP contribution >= 0.6 is 0 Å². The number of hydrogen-bond acceptors (Lipinski definition) is 2. The Morgan fingerprint density at radius 2 is 2.20 bits per heavy atom. The van der Waals surface area contributed by atoms with Gasteiger partial charge in [0.1, 0.15) is 0 Å². The SMILES string of the molecule is CCC1(C(=O)c2nccn2C)CCCC1. The maximum Gasteiger partial charge on any atom is 0.204 e. The molecule has 0 bridgehead atoms. The fraction of sp³-hybridized carbons (Fsp3) is 0.667. The fourth-order valence-electron chi connectivity index (χ4n) is 2.61. The van der Waals surface area contributed by atoms with Crippen molar-refractivity contribution in [2.75, 3.05) is 0 Å². The Morgan fingerprint density at radius 3 is 2.67 bits per heavy atom. The van der Waals surface area contributed by atoms with Crippen LogP contribution in [0.2, 0.25) is 0 Å². The molecule has 3 nitrogen and oxygen atoms in total. The molecule has 0 amide bonds. The number of rotatable bonds is 3. The van der Waals surface area contributed by atoms with Crippen LogP contribution in [0.1, 0.15) is 49.6 Å². The van der Waals surface area contributed by atoms with Crippen LogP contribution in [0, 0.1) is 5.41 Å². The molecule has 0 atom stereocenters. The summed E-state index contributed by atoms with van der Waals surface area (Å²) >= 11 is 0. The van der Waals surface area contributed by atoms with Gasteiger partial charge in [-0.15, -0.1) is 0 Å². The molecule has 0 saturated heterocycles. The first-order valence-electron chi connectivity index (χ1n) is 5.72. The van der Waals surface area contributed by atoms with Crippen molar-refractivity contribution in [1.82, 2.24) is 9.55 Å². The smallest absolute Gasteiger partial charge is 0.204 e. The van der Waals surface area contributed by atoms with Gasteiger partial charge in [-0.2, -0.15) is 0 Å². The topological polar surface area (TPSA) is 34.9 Å². The van der Waals surface area contributed by atoms with Gasteiger partial charge in [0.05, 0.1) is 0 Å². The van der Waals surface area contributed by atoms with Gasteiger partial charge < -0.3 is 4.57 Å². The predicted molar refractivity (Wildman–Crippen MR) is 58.7 cm³/mol. The van der Waals surface area contributed by atoms with Gasteiger partial charge in [0.15, 0.2) is 5.82 Å². The first-order chi connectivity index (χ1) is 7.19. The standard InChI is InChI=1S/C12H18N2O/c1-3-12(6-4-5-7-12)10(15)11-13-8-9-14(11)2/h8-9H,3-7H2,1-2H3. The van der Waals surface area contributed by atoms with E-state index in [1.807, 2.05) is 17.8 Å². The second-order valence-electron chi connectivity index (χ2n) is 4.53. The first-order valence-corrected chi connectivity index (χ1v) is 5.72. The van der Waals surface area contributed by atoms with E-state index in [1.54, 1.807) is 6.20 Å². The molecule has 82 valence electrons. The first kappa shape index (κ1) is 10.4. The second-order valence-corrected chi connectivity index (χ2v) is 4.53. The summed E-state index contributed by atoms with van der Waals surface area (Å²) in [5.41, 5.74) is -0.112. The molecule has 15 heavy (non-hydrogen) atoms. The Labute approximate surface area is 90.5 Å². The van der Waals surface area contributed by atoms with Gasteiger partial charge in [-0.3, -0.25) is 4.79 Å². The van der Waals surface area contributed by atoms with Gasteiger partial charge in [0, 0.05) is 24.9 Å². The van der Waals surface area contributed by atoms with Crippen molar-refractivity contribution in [1.29, 1.82) is 0 Å². The normalized spacial score (nSPS) is 19.3. The minimum absolute atomic E-state index is 0.112. The van der Waals surface area contributed by atoms with Gasteiger partial charge in [-0.25, -0.2) is 4.98 Å². The van der Waals surface area contributed by atoms with E-state index in [-0.39, 0.29) is 11.2 Å². The third-order valence-electron chi connectivity index (χ3n) is 3.74. The van der Waals surface area contributed by atoms with Crippen LogP contribution in [0.3, 0.4) is 0 Å². The molecule has 0 spiro atoms. The lowest BCUT2D eigenvalue weighted by Gasteiger charge is -2.24. The molecule has 0 radical (unpaired) electrons. The van der Waals surface area contributed by atoms with E-state index in [4.69, 9.17) is 0 Å². The largest absolute Gasteiger partial charge is 0.332 e. The van der Waals surface area contributed by atoms with Crippen molar-refractivity contribution in [2.45, 2.75) is 39.0 Å². The summed E-state index contributed by atoms with van der Waals surface area (Å²) in [5, 5.41) is 0. The van der Waals surface area contributed by atoms with Crippen LogP contribution in [-0.4, -0.2) is 15.3 Å². The molecule has 1 aliphatic rings. The summed E-state index contributed by atoms with van der Waals surface area (Å²) in [6.45, 7) is 2.12. The average molecular weight is 206 g/mol. The van der Waals surface area contributed by atoms with Crippen LogP contribution in [0.15, 0.2) is 12.4 Å². The molecule has 1 fully saturated rings. The highest BCUT2D eigenvalue weighted by Crippen LogP contribution is 2.43. The minimum atomic E-state index is -0.112. The van der Waals surface area contributed by atoms with E-state index in [1.165, 1.54) is 12.8 Å². The van der Waals surface area contributed by atoms with Gasteiger partial charge in [0.2, 0.25) is 5.78 Å². The highest BCUT2D eigenvalue weighted by molar-refractivity contribution is 5.97. The van der Waals surface area contributed by atoms with E-state index >= 15 is 0 Å². The van der Waals surface area contributed by atoms with Gasteiger partial charge >= 0.3 is 0 Å². The third kappa shape index (κ3) is 1.60. The summed E-state index contributed by atoms with van der Waals surface area (Å²) in [6.07, 6.45) is 8.92. The molecule has 1 aliphatic carbocycles. The summed E-state index contributed by atoms with van der Waals surface area (Å²) in [4.78, 5) is 16.6. The molecule has 0 N–H and O–H groups in total. The molecule has 0 aromatic carbocycles. The monoisotopic (exact) mass is 206 g/mol. The van der Waals surface area contributed by atoms with Crippen molar-refractivity contribution in [2.24, 2.45) is 12.5 Å². The zero-order valence-electron chi connectivity index (χ0n) is 9.49.